The molecule has 0 aliphatic heterocycles. The lowest BCUT2D eigenvalue weighted by molar-refractivity contribution is 0.0607. The number of hydrogen-bond acceptors (Lipinski definition) is 5. The molecular formula is C17H20N2O2S. The van der Waals surface area contributed by atoms with Crippen LogP contribution in [0.2, 0.25) is 0 Å². The second-order valence-corrected chi connectivity index (χ2v) is 6.81. The van der Waals surface area contributed by atoms with Crippen LogP contribution in [0.1, 0.15) is 41.6 Å². The fourth-order valence-electron chi connectivity index (χ4n) is 1.89. The summed E-state index contributed by atoms with van der Waals surface area (Å²) in [6, 6.07) is 10.1. The molecule has 2 rings (SSSR count). The largest absolute Gasteiger partial charge is 0.465 e. The third kappa shape index (κ3) is 3.95. The molecule has 0 spiro atoms. The smallest absolute Gasteiger partial charge is 0.350 e. The summed E-state index contributed by atoms with van der Waals surface area (Å²) in [6.45, 7) is 6.55. The number of carbonyl (C=O) groups excluding carboxylic acids is 1. The lowest BCUT2D eigenvalue weighted by Gasteiger charge is -2.18. The van der Waals surface area contributed by atoms with E-state index in [9.17, 15) is 4.79 Å². The van der Waals surface area contributed by atoms with E-state index in [1.54, 1.807) is 12.3 Å². The first-order valence-corrected chi connectivity index (χ1v) is 7.85. The minimum Gasteiger partial charge on any atom is -0.465 e. The Labute approximate surface area is 134 Å². The Hall–Kier alpha value is -2.14. The summed E-state index contributed by atoms with van der Waals surface area (Å²) in [5, 5.41) is 6.00. The van der Waals surface area contributed by atoms with Gasteiger partial charge in [0, 0.05) is 0 Å². The van der Waals surface area contributed by atoms with Crippen LogP contribution in [0.5, 0.6) is 0 Å². The lowest BCUT2D eigenvalue weighted by atomic mass is 9.87. The number of esters is 1. The van der Waals surface area contributed by atoms with Crippen molar-refractivity contribution in [1.29, 1.82) is 0 Å². The normalized spacial score (nSPS) is 11.6. The molecular weight excluding hydrogens is 296 g/mol. The van der Waals surface area contributed by atoms with E-state index in [0.717, 1.165) is 5.56 Å². The van der Waals surface area contributed by atoms with Gasteiger partial charge in [-0.05, 0) is 28.0 Å². The first-order valence-electron chi connectivity index (χ1n) is 6.97. The molecule has 1 aromatic heterocycles. The molecule has 0 saturated carbocycles. The van der Waals surface area contributed by atoms with E-state index in [0.29, 0.717) is 10.6 Å². The van der Waals surface area contributed by atoms with Gasteiger partial charge in [-0.3, -0.25) is 5.43 Å². The van der Waals surface area contributed by atoms with Crippen LogP contribution in [0, 0.1) is 0 Å². The van der Waals surface area contributed by atoms with E-state index in [1.807, 2.05) is 17.5 Å². The maximum Gasteiger partial charge on any atom is 0.350 e. The van der Waals surface area contributed by atoms with E-state index < -0.39 is 0 Å². The SMILES string of the molecule is COC(=O)c1sccc1N/N=C\c1ccc(C(C)(C)C)cc1. The lowest BCUT2D eigenvalue weighted by Crippen LogP contribution is -2.10. The molecule has 0 atom stereocenters. The maximum atomic E-state index is 11.6. The second-order valence-electron chi connectivity index (χ2n) is 5.90. The average Bonchev–Trinajstić information content (AvgIpc) is 2.94. The number of ether oxygens (including phenoxy) is 1. The fraction of sp³-hybridized carbons (Fsp3) is 0.294. The van der Waals surface area contributed by atoms with E-state index >= 15 is 0 Å². The zero-order valence-electron chi connectivity index (χ0n) is 13.2. The van der Waals surface area contributed by atoms with Crippen LogP contribution in [-0.2, 0) is 10.2 Å². The maximum absolute atomic E-state index is 11.6. The topological polar surface area (TPSA) is 50.7 Å². The van der Waals surface area contributed by atoms with Gasteiger partial charge in [0.2, 0.25) is 0 Å². The molecule has 0 radical (unpaired) electrons. The van der Waals surface area contributed by atoms with Crippen molar-refractivity contribution >= 4 is 29.2 Å². The molecule has 1 heterocycles. The van der Waals surface area contributed by atoms with Gasteiger partial charge < -0.3 is 4.74 Å². The number of rotatable bonds is 4. The molecule has 0 aliphatic rings. The van der Waals surface area contributed by atoms with Crippen molar-refractivity contribution in [2.75, 3.05) is 12.5 Å². The number of anilines is 1. The molecule has 116 valence electrons. The highest BCUT2D eigenvalue weighted by Crippen LogP contribution is 2.23. The molecule has 2 aromatic rings. The van der Waals surface area contributed by atoms with Crippen molar-refractivity contribution in [2.45, 2.75) is 26.2 Å². The van der Waals surface area contributed by atoms with Crippen LogP contribution in [0.25, 0.3) is 0 Å². The van der Waals surface area contributed by atoms with Crippen LogP contribution in [0.3, 0.4) is 0 Å². The number of nitrogens with zero attached hydrogens (tertiary/aromatic N) is 1. The predicted octanol–water partition coefficient (Wildman–Crippen LogP) is 4.28. The molecule has 1 aromatic carbocycles. The minimum absolute atomic E-state index is 0.139. The number of methoxy groups -OCH3 is 1. The first kappa shape index (κ1) is 16.2. The Bertz CT molecular complexity index is 667. The van der Waals surface area contributed by atoms with Crippen LogP contribution < -0.4 is 5.43 Å². The number of hydrazone groups is 1. The third-order valence-corrected chi connectivity index (χ3v) is 4.11. The Morgan fingerprint density at radius 2 is 1.91 bits per heavy atom. The summed E-state index contributed by atoms with van der Waals surface area (Å²) in [7, 11) is 1.37. The monoisotopic (exact) mass is 316 g/mol. The van der Waals surface area contributed by atoms with Gasteiger partial charge in [0.15, 0.2) is 0 Å². The Kier molecular flexibility index (Phi) is 4.98. The molecule has 0 fully saturated rings. The molecule has 22 heavy (non-hydrogen) atoms. The standard InChI is InChI=1S/C17H20N2O2S/c1-17(2,3)13-7-5-12(6-8-13)11-18-19-14-9-10-22-15(14)16(20)21-4/h5-11,19H,1-4H3/b18-11-. The van der Waals surface area contributed by atoms with Gasteiger partial charge >= 0.3 is 5.97 Å². The zero-order valence-corrected chi connectivity index (χ0v) is 14.0. The van der Waals surface area contributed by atoms with E-state index in [-0.39, 0.29) is 11.4 Å². The second kappa shape index (κ2) is 6.75. The summed E-state index contributed by atoms with van der Waals surface area (Å²) in [5.41, 5.74) is 5.95. The molecule has 0 saturated heterocycles. The van der Waals surface area contributed by atoms with Crippen molar-refractivity contribution in [3.8, 4) is 0 Å². The van der Waals surface area contributed by atoms with E-state index in [1.165, 1.54) is 24.0 Å². The predicted molar refractivity (Wildman–Crippen MR) is 92.0 cm³/mol. The van der Waals surface area contributed by atoms with Crippen LogP contribution in [0.15, 0.2) is 40.8 Å². The Balaban J connectivity index is 2.04. The average molecular weight is 316 g/mol. The summed E-state index contributed by atoms with van der Waals surface area (Å²) >= 11 is 1.32. The zero-order chi connectivity index (χ0) is 16.2. The van der Waals surface area contributed by atoms with E-state index in [2.05, 4.69) is 43.4 Å². The number of benzene rings is 1. The summed E-state index contributed by atoms with van der Waals surface area (Å²) in [5.74, 6) is -0.359. The third-order valence-electron chi connectivity index (χ3n) is 3.21. The van der Waals surface area contributed by atoms with Crippen molar-refractivity contribution in [1.82, 2.24) is 0 Å². The van der Waals surface area contributed by atoms with Crippen molar-refractivity contribution in [3.63, 3.8) is 0 Å². The highest BCUT2D eigenvalue weighted by molar-refractivity contribution is 7.12. The molecule has 0 amide bonds. The highest BCUT2D eigenvalue weighted by Gasteiger charge is 2.13. The summed E-state index contributed by atoms with van der Waals surface area (Å²) in [6.07, 6.45) is 1.73. The van der Waals surface area contributed by atoms with Crippen molar-refractivity contribution in [2.24, 2.45) is 5.10 Å². The van der Waals surface area contributed by atoms with Crippen molar-refractivity contribution < 1.29 is 9.53 Å². The summed E-state index contributed by atoms with van der Waals surface area (Å²) < 4.78 is 4.72. The molecule has 4 nitrogen and oxygen atoms in total. The van der Waals surface area contributed by atoms with Gasteiger partial charge in [-0.2, -0.15) is 5.10 Å². The molecule has 1 N–H and O–H groups in total. The fourth-order valence-corrected chi connectivity index (χ4v) is 2.65. The van der Waals surface area contributed by atoms with Gasteiger partial charge in [0.25, 0.3) is 0 Å². The number of nitrogens with one attached hydrogen (secondary N) is 1. The van der Waals surface area contributed by atoms with Crippen LogP contribution >= 0.6 is 11.3 Å². The Morgan fingerprint density at radius 1 is 1.23 bits per heavy atom. The molecule has 5 heteroatoms. The minimum atomic E-state index is -0.359. The molecule has 0 aliphatic carbocycles. The van der Waals surface area contributed by atoms with Gasteiger partial charge in [0.05, 0.1) is 19.0 Å². The Morgan fingerprint density at radius 3 is 2.50 bits per heavy atom. The number of thiophene rings is 1. The van der Waals surface area contributed by atoms with Crippen LogP contribution in [-0.4, -0.2) is 19.3 Å². The first-order chi connectivity index (χ1) is 10.4. The van der Waals surface area contributed by atoms with Gasteiger partial charge in [-0.25, -0.2) is 4.79 Å². The van der Waals surface area contributed by atoms with Gasteiger partial charge in [-0.15, -0.1) is 11.3 Å². The van der Waals surface area contributed by atoms with Gasteiger partial charge in [0.1, 0.15) is 4.88 Å². The van der Waals surface area contributed by atoms with Crippen molar-refractivity contribution in [3.05, 3.63) is 51.7 Å². The highest BCUT2D eigenvalue weighted by atomic mass is 32.1. The number of hydrogen-bond donors (Lipinski definition) is 1. The van der Waals surface area contributed by atoms with E-state index in [4.69, 9.17) is 4.74 Å². The van der Waals surface area contributed by atoms with Crippen LogP contribution in [0.4, 0.5) is 5.69 Å². The van der Waals surface area contributed by atoms with Gasteiger partial charge in [-0.1, -0.05) is 45.0 Å². The number of carbonyl (C=O) groups is 1. The molecule has 0 bridgehead atoms. The summed E-state index contributed by atoms with van der Waals surface area (Å²) in [4.78, 5) is 12.1. The quantitative estimate of drug-likeness (QED) is 0.520. The molecule has 0 unspecified atom stereocenters.